The Morgan fingerprint density at radius 3 is 2.39 bits per heavy atom. The molecule has 2 heterocycles. The van der Waals surface area contributed by atoms with Gasteiger partial charge in [-0.15, -0.1) is 0 Å². The molecule has 1 N–H and O–H groups in total. The molecular weight excluding hydrogens is 464 g/mol. The van der Waals surface area contributed by atoms with E-state index in [2.05, 4.69) is 18.7 Å². The normalized spacial score (nSPS) is 18.2. The maximum absolute atomic E-state index is 13.2. The Morgan fingerprint density at radius 2 is 1.72 bits per heavy atom. The third kappa shape index (κ3) is 4.79. The van der Waals surface area contributed by atoms with E-state index >= 15 is 0 Å². The van der Waals surface area contributed by atoms with Gasteiger partial charge in [-0.3, -0.25) is 9.59 Å². The quantitative estimate of drug-likeness (QED) is 0.245. The standard InChI is InChI=1S/C27H30N2O7/c1-4-28(5-2)13-6-14-29-23(17-7-9-18(10-8-17)27(33)34-3)22(25(31)26(29)32)24(30)19-11-12-20-21(15-19)36-16-35-20/h7-12,15,23,30H,4-6,13-14,16H2,1-3H3. The molecular formula is C27H30N2O7. The lowest BCUT2D eigenvalue weighted by atomic mass is 9.94. The van der Waals surface area contributed by atoms with Gasteiger partial charge in [-0.25, -0.2) is 4.79 Å². The molecule has 2 aromatic carbocycles. The molecule has 0 spiro atoms. The summed E-state index contributed by atoms with van der Waals surface area (Å²) in [5.41, 5.74) is 1.28. The first-order valence-electron chi connectivity index (χ1n) is 12.0. The summed E-state index contributed by atoms with van der Waals surface area (Å²) < 4.78 is 15.5. The molecule has 2 aliphatic rings. The monoisotopic (exact) mass is 494 g/mol. The van der Waals surface area contributed by atoms with Crippen LogP contribution >= 0.6 is 0 Å². The van der Waals surface area contributed by atoms with Crippen molar-refractivity contribution in [1.82, 2.24) is 9.80 Å². The Kier molecular flexibility index (Phi) is 7.59. The minimum atomic E-state index is -0.807. The highest BCUT2D eigenvalue weighted by molar-refractivity contribution is 6.46. The summed E-state index contributed by atoms with van der Waals surface area (Å²) in [5.74, 6) is -1.21. The molecule has 1 fully saturated rings. The highest BCUT2D eigenvalue weighted by atomic mass is 16.7. The van der Waals surface area contributed by atoms with Gasteiger partial charge >= 0.3 is 5.97 Å². The fourth-order valence-corrected chi connectivity index (χ4v) is 4.58. The Morgan fingerprint density at radius 1 is 1.06 bits per heavy atom. The third-order valence-corrected chi connectivity index (χ3v) is 6.60. The van der Waals surface area contributed by atoms with Crippen LogP contribution in [0.4, 0.5) is 0 Å². The van der Waals surface area contributed by atoms with E-state index in [4.69, 9.17) is 14.2 Å². The van der Waals surface area contributed by atoms with Crippen molar-refractivity contribution in [3.8, 4) is 11.5 Å². The first-order chi connectivity index (χ1) is 17.4. The molecule has 1 atom stereocenters. The molecule has 0 radical (unpaired) electrons. The van der Waals surface area contributed by atoms with Gasteiger partial charge < -0.3 is 29.1 Å². The Balaban J connectivity index is 1.74. The fourth-order valence-electron chi connectivity index (χ4n) is 4.58. The van der Waals surface area contributed by atoms with E-state index < -0.39 is 23.7 Å². The number of amides is 1. The van der Waals surface area contributed by atoms with Gasteiger partial charge in [0.15, 0.2) is 11.5 Å². The topological polar surface area (TPSA) is 106 Å². The number of rotatable bonds is 9. The number of hydrogen-bond donors (Lipinski definition) is 1. The summed E-state index contributed by atoms with van der Waals surface area (Å²) in [5, 5.41) is 11.3. The number of likely N-dealkylation sites (tertiary alicyclic amines) is 1. The van der Waals surface area contributed by atoms with Crippen LogP contribution < -0.4 is 9.47 Å². The number of ketones is 1. The van der Waals surface area contributed by atoms with E-state index in [1.807, 2.05) is 0 Å². The first-order valence-corrected chi connectivity index (χ1v) is 12.0. The van der Waals surface area contributed by atoms with Crippen LogP contribution in [0.3, 0.4) is 0 Å². The maximum Gasteiger partial charge on any atom is 0.337 e. The van der Waals surface area contributed by atoms with E-state index in [-0.39, 0.29) is 18.1 Å². The molecule has 1 unspecified atom stereocenters. The van der Waals surface area contributed by atoms with Crippen molar-refractivity contribution in [2.45, 2.75) is 26.3 Å². The van der Waals surface area contributed by atoms with E-state index in [1.165, 1.54) is 12.0 Å². The van der Waals surface area contributed by atoms with E-state index in [0.29, 0.717) is 41.2 Å². The largest absolute Gasteiger partial charge is 0.507 e. The van der Waals surface area contributed by atoms with Crippen LogP contribution in [0.15, 0.2) is 48.0 Å². The van der Waals surface area contributed by atoms with E-state index in [0.717, 1.165) is 19.6 Å². The van der Waals surface area contributed by atoms with Crippen LogP contribution in [-0.2, 0) is 14.3 Å². The van der Waals surface area contributed by atoms with Crippen LogP contribution in [0.2, 0.25) is 0 Å². The molecule has 2 aromatic rings. The summed E-state index contributed by atoms with van der Waals surface area (Å²) in [6, 6.07) is 10.6. The Bertz CT molecular complexity index is 1190. The lowest BCUT2D eigenvalue weighted by Gasteiger charge is -2.27. The summed E-state index contributed by atoms with van der Waals surface area (Å²) >= 11 is 0. The lowest BCUT2D eigenvalue weighted by molar-refractivity contribution is -0.140. The molecule has 1 amide bonds. The number of benzene rings is 2. The van der Waals surface area contributed by atoms with Crippen molar-refractivity contribution in [3.63, 3.8) is 0 Å². The second-order valence-electron chi connectivity index (χ2n) is 8.55. The number of carbonyl (C=O) groups is 3. The molecule has 190 valence electrons. The zero-order valence-electron chi connectivity index (χ0n) is 20.7. The predicted octanol–water partition coefficient (Wildman–Crippen LogP) is 3.36. The van der Waals surface area contributed by atoms with Crippen molar-refractivity contribution in [1.29, 1.82) is 0 Å². The zero-order valence-corrected chi connectivity index (χ0v) is 20.7. The lowest BCUT2D eigenvalue weighted by Crippen LogP contribution is -2.33. The SMILES string of the molecule is CCN(CC)CCCN1C(=O)C(=O)C(=C(O)c2ccc3c(c2)OCO3)C1c1ccc(C(=O)OC)cc1. The molecule has 36 heavy (non-hydrogen) atoms. The highest BCUT2D eigenvalue weighted by Crippen LogP contribution is 2.41. The van der Waals surface area contributed by atoms with Crippen molar-refractivity contribution >= 4 is 23.4 Å². The zero-order chi connectivity index (χ0) is 25.8. The average molecular weight is 495 g/mol. The van der Waals surface area contributed by atoms with Gasteiger partial charge in [0.2, 0.25) is 6.79 Å². The Labute approximate surface area is 209 Å². The highest BCUT2D eigenvalue weighted by Gasteiger charge is 2.46. The van der Waals surface area contributed by atoms with Crippen LogP contribution in [-0.4, -0.2) is 72.6 Å². The van der Waals surface area contributed by atoms with E-state index in [9.17, 15) is 19.5 Å². The second-order valence-corrected chi connectivity index (χ2v) is 8.55. The molecule has 0 bridgehead atoms. The summed E-state index contributed by atoms with van der Waals surface area (Å²) in [6.07, 6.45) is 0.662. The van der Waals surface area contributed by atoms with Crippen molar-refractivity contribution in [2.24, 2.45) is 0 Å². The number of hydrogen-bond acceptors (Lipinski definition) is 8. The molecule has 9 heteroatoms. The van der Waals surface area contributed by atoms with Crippen LogP contribution in [0, 0.1) is 0 Å². The summed E-state index contributed by atoms with van der Waals surface area (Å²) in [7, 11) is 1.30. The number of methoxy groups -OCH3 is 1. The van der Waals surface area contributed by atoms with Crippen LogP contribution in [0.1, 0.15) is 47.8 Å². The van der Waals surface area contributed by atoms with Gasteiger partial charge in [0.1, 0.15) is 5.76 Å². The number of aliphatic hydroxyl groups is 1. The van der Waals surface area contributed by atoms with Gasteiger partial charge in [0.25, 0.3) is 11.7 Å². The molecule has 2 aliphatic heterocycles. The maximum atomic E-state index is 13.2. The van der Waals surface area contributed by atoms with Crippen molar-refractivity contribution in [2.75, 3.05) is 40.1 Å². The predicted molar refractivity (Wildman–Crippen MR) is 132 cm³/mol. The van der Waals surface area contributed by atoms with Gasteiger partial charge in [0, 0.05) is 12.1 Å². The number of esters is 1. The van der Waals surface area contributed by atoms with Gasteiger partial charge in [-0.2, -0.15) is 0 Å². The molecule has 0 saturated carbocycles. The van der Waals surface area contributed by atoms with Crippen molar-refractivity contribution in [3.05, 3.63) is 64.7 Å². The minimum Gasteiger partial charge on any atom is -0.507 e. The van der Waals surface area contributed by atoms with Gasteiger partial charge in [0.05, 0.1) is 24.3 Å². The average Bonchev–Trinajstić information content (AvgIpc) is 3.48. The van der Waals surface area contributed by atoms with E-state index in [1.54, 1.807) is 42.5 Å². The molecule has 4 rings (SSSR count). The first kappa shape index (κ1) is 25.2. The summed E-state index contributed by atoms with van der Waals surface area (Å²) in [4.78, 5) is 42.0. The molecule has 0 aliphatic carbocycles. The molecule has 0 aromatic heterocycles. The third-order valence-electron chi connectivity index (χ3n) is 6.60. The minimum absolute atomic E-state index is 0.00692. The fraction of sp³-hybridized carbons (Fsp3) is 0.370. The number of Topliss-reactive ketones (excluding diaryl/α,β-unsaturated/α-hetero) is 1. The number of fused-ring (bicyclic) bond motifs is 1. The number of ether oxygens (including phenoxy) is 3. The smallest absolute Gasteiger partial charge is 0.337 e. The van der Waals surface area contributed by atoms with Gasteiger partial charge in [-0.1, -0.05) is 26.0 Å². The Hall–Kier alpha value is -3.85. The van der Waals surface area contributed by atoms with Gasteiger partial charge in [-0.05, 0) is 62.0 Å². The number of aliphatic hydroxyl groups excluding tert-OH is 1. The number of nitrogens with zero attached hydrogens (tertiary/aromatic N) is 2. The molecule has 1 saturated heterocycles. The van der Waals surface area contributed by atoms with Crippen LogP contribution in [0.25, 0.3) is 5.76 Å². The van der Waals surface area contributed by atoms with Crippen LogP contribution in [0.5, 0.6) is 11.5 Å². The second kappa shape index (κ2) is 10.8. The molecule has 9 nitrogen and oxygen atoms in total. The number of carbonyl (C=O) groups excluding carboxylic acids is 3. The summed E-state index contributed by atoms with van der Waals surface area (Å²) in [6.45, 7) is 7.10. The van der Waals surface area contributed by atoms with Crippen molar-refractivity contribution < 1.29 is 33.7 Å².